The van der Waals surface area contributed by atoms with E-state index in [1.165, 1.54) is 0 Å². The van der Waals surface area contributed by atoms with Crippen LogP contribution in [0.1, 0.15) is 59.1 Å². The lowest BCUT2D eigenvalue weighted by atomic mass is 9.94. The van der Waals surface area contributed by atoms with Crippen molar-refractivity contribution in [2.24, 2.45) is 0 Å². The summed E-state index contributed by atoms with van der Waals surface area (Å²) in [6, 6.07) is 9.16. The number of hydrogen-bond acceptors (Lipinski definition) is 5. The Hall–Kier alpha value is -3.74. The molecule has 7 nitrogen and oxygen atoms in total. The molecule has 0 radical (unpaired) electrons. The van der Waals surface area contributed by atoms with Gasteiger partial charge in [0.05, 0.1) is 19.3 Å². The van der Waals surface area contributed by atoms with Crippen LogP contribution in [0.2, 0.25) is 0 Å². The first-order chi connectivity index (χ1) is 16.4. The third-order valence-corrected chi connectivity index (χ3v) is 5.93. The molecule has 7 heteroatoms. The van der Waals surface area contributed by atoms with E-state index < -0.39 is 6.04 Å². The van der Waals surface area contributed by atoms with Gasteiger partial charge in [0.1, 0.15) is 17.1 Å². The molecule has 1 aliphatic heterocycles. The zero-order valence-corrected chi connectivity index (χ0v) is 20.1. The van der Waals surface area contributed by atoms with Crippen LogP contribution < -0.4 is 9.47 Å². The van der Waals surface area contributed by atoms with Crippen LogP contribution >= 0.6 is 0 Å². The molecular weight excluding hydrogens is 430 g/mol. The largest absolute Gasteiger partial charge is 0.507 e. The minimum Gasteiger partial charge on any atom is -0.507 e. The summed E-state index contributed by atoms with van der Waals surface area (Å²) < 4.78 is 11.7. The van der Waals surface area contributed by atoms with Gasteiger partial charge in [-0.2, -0.15) is 5.10 Å². The van der Waals surface area contributed by atoms with Crippen LogP contribution in [0.4, 0.5) is 0 Å². The number of carbonyl (C=O) groups is 1. The van der Waals surface area contributed by atoms with Crippen LogP contribution in [-0.4, -0.2) is 45.9 Å². The summed E-state index contributed by atoms with van der Waals surface area (Å²) in [5.41, 5.74) is 4.94. The topological polar surface area (TPSA) is 87.7 Å². The molecule has 0 aliphatic carbocycles. The van der Waals surface area contributed by atoms with Crippen LogP contribution in [-0.2, 0) is 0 Å². The van der Waals surface area contributed by atoms with E-state index >= 15 is 0 Å². The monoisotopic (exact) mass is 461 g/mol. The van der Waals surface area contributed by atoms with E-state index in [4.69, 9.17) is 9.47 Å². The third kappa shape index (κ3) is 4.02. The van der Waals surface area contributed by atoms with E-state index in [1.807, 2.05) is 51.1 Å². The van der Waals surface area contributed by atoms with Crippen molar-refractivity contribution >= 4 is 5.91 Å². The van der Waals surface area contributed by atoms with Crippen molar-refractivity contribution in [1.82, 2.24) is 15.1 Å². The van der Waals surface area contributed by atoms with Crippen molar-refractivity contribution in [1.29, 1.82) is 0 Å². The van der Waals surface area contributed by atoms with Gasteiger partial charge >= 0.3 is 0 Å². The van der Waals surface area contributed by atoms with Crippen LogP contribution in [0, 0.1) is 13.8 Å². The second-order valence-corrected chi connectivity index (χ2v) is 8.48. The summed E-state index contributed by atoms with van der Waals surface area (Å²) in [5.74, 6) is 1.30. The van der Waals surface area contributed by atoms with E-state index in [0.29, 0.717) is 48.2 Å². The van der Waals surface area contributed by atoms with E-state index in [-0.39, 0.29) is 11.7 Å². The fourth-order valence-corrected chi connectivity index (χ4v) is 4.51. The average Bonchev–Trinajstić information content (AvgIpc) is 3.35. The number of H-pyrrole nitrogens is 1. The summed E-state index contributed by atoms with van der Waals surface area (Å²) in [6.07, 6.45) is 2.60. The number of phenolic OH excluding ortho intramolecular Hbond substituents is 1. The Kier molecular flexibility index (Phi) is 6.63. The quantitative estimate of drug-likeness (QED) is 0.421. The van der Waals surface area contributed by atoms with Crippen molar-refractivity contribution in [2.75, 3.05) is 19.8 Å². The Bertz CT molecular complexity index is 1230. The van der Waals surface area contributed by atoms with E-state index in [2.05, 4.69) is 23.7 Å². The lowest BCUT2D eigenvalue weighted by Gasteiger charge is -2.26. The summed E-state index contributed by atoms with van der Waals surface area (Å²) in [5, 5.41) is 18.2. The van der Waals surface area contributed by atoms with Gasteiger partial charge in [-0.15, -0.1) is 6.58 Å². The van der Waals surface area contributed by atoms with E-state index in [9.17, 15) is 9.90 Å². The highest BCUT2D eigenvalue weighted by atomic mass is 16.5. The number of aromatic amines is 1. The van der Waals surface area contributed by atoms with E-state index in [0.717, 1.165) is 28.7 Å². The highest BCUT2D eigenvalue weighted by Gasteiger charge is 2.42. The number of rotatable bonds is 9. The molecule has 2 N–H and O–H groups in total. The number of fused-ring (bicyclic) bond motifs is 1. The Morgan fingerprint density at radius 3 is 2.68 bits per heavy atom. The van der Waals surface area contributed by atoms with Gasteiger partial charge in [-0.05, 0) is 62.1 Å². The van der Waals surface area contributed by atoms with Gasteiger partial charge in [0.2, 0.25) is 0 Å². The summed E-state index contributed by atoms with van der Waals surface area (Å²) >= 11 is 0. The number of benzene rings is 2. The molecule has 0 spiro atoms. The van der Waals surface area contributed by atoms with Gasteiger partial charge < -0.3 is 19.5 Å². The van der Waals surface area contributed by atoms with Gasteiger partial charge in [-0.1, -0.05) is 25.1 Å². The standard InChI is InChI=1S/C27H31N3O4/c1-6-11-30-25(18-9-10-20(34-12-7-2)21(15-18)33-8-3)22-23(28-29-24(22)27(30)32)19-14-16(4)13-17(5)26(19)31/h6,9-10,13-15,25,31H,1,7-8,11-12H2,2-5H3,(H,28,29). The van der Waals surface area contributed by atoms with Gasteiger partial charge in [-0.3, -0.25) is 9.89 Å². The second-order valence-electron chi connectivity index (χ2n) is 8.48. The molecule has 0 bridgehead atoms. The minimum absolute atomic E-state index is 0.159. The van der Waals surface area contributed by atoms with Crippen molar-refractivity contribution < 1.29 is 19.4 Å². The van der Waals surface area contributed by atoms with Gasteiger partial charge in [0, 0.05) is 17.7 Å². The van der Waals surface area contributed by atoms with Crippen molar-refractivity contribution in [2.45, 2.75) is 40.2 Å². The number of amides is 1. The zero-order valence-electron chi connectivity index (χ0n) is 20.1. The van der Waals surface area contributed by atoms with Crippen LogP contribution in [0.15, 0.2) is 43.0 Å². The molecule has 0 fully saturated rings. The molecule has 0 saturated heterocycles. The van der Waals surface area contributed by atoms with Gasteiger partial charge in [0.25, 0.3) is 5.91 Å². The number of phenols is 1. The summed E-state index contributed by atoms with van der Waals surface area (Å²) in [4.78, 5) is 15.1. The highest BCUT2D eigenvalue weighted by molar-refractivity contribution is 6.00. The summed E-state index contributed by atoms with van der Waals surface area (Å²) in [7, 11) is 0. The molecule has 1 amide bonds. The Morgan fingerprint density at radius 1 is 1.18 bits per heavy atom. The first kappa shape index (κ1) is 23.4. The van der Waals surface area contributed by atoms with E-state index in [1.54, 1.807) is 11.0 Å². The molecule has 1 unspecified atom stereocenters. The molecule has 2 aromatic carbocycles. The first-order valence-corrected chi connectivity index (χ1v) is 11.6. The lowest BCUT2D eigenvalue weighted by Crippen LogP contribution is -2.29. The number of ether oxygens (including phenoxy) is 2. The predicted molar refractivity (Wildman–Crippen MR) is 132 cm³/mol. The highest BCUT2D eigenvalue weighted by Crippen LogP contribution is 2.46. The molecule has 178 valence electrons. The van der Waals surface area contributed by atoms with Crippen molar-refractivity contribution in [3.63, 3.8) is 0 Å². The normalized spacial score (nSPS) is 14.9. The SMILES string of the molecule is C=CCN1C(=O)c2[nH]nc(-c3cc(C)cc(C)c3O)c2C1c1ccc(OCCC)c(OCC)c1. The second kappa shape index (κ2) is 9.63. The minimum atomic E-state index is -0.422. The molecular formula is C27H31N3O4. The van der Waals surface area contributed by atoms with Crippen molar-refractivity contribution in [3.8, 4) is 28.5 Å². The maximum Gasteiger partial charge on any atom is 0.273 e. The smallest absolute Gasteiger partial charge is 0.273 e. The number of aromatic hydroxyl groups is 1. The van der Waals surface area contributed by atoms with Crippen molar-refractivity contribution in [3.05, 3.63) is 70.9 Å². The Labute approximate surface area is 200 Å². The maximum absolute atomic E-state index is 13.3. The number of carbonyl (C=O) groups excluding carboxylic acids is 1. The fraction of sp³-hybridized carbons (Fsp3) is 0.333. The maximum atomic E-state index is 13.3. The average molecular weight is 462 g/mol. The number of aryl methyl sites for hydroxylation is 2. The zero-order chi connectivity index (χ0) is 24.4. The predicted octanol–water partition coefficient (Wildman–Crippen LogP) is 5.32. The molecule has 34 heavy (non-hydrogen) atoms. The fourth-order valence-electron chi connectivity index (χ4n) is 4.51. The summed E-state index contributed by atoms with van der Waals surface area (Å²) in [6.45, 7) is 13.1. The number of nitrogens with zero attached hydrogens (tertiary/aromatic N) is 2. The third-order valence-electron chi connectivity index (χ3n) is 5.93. The lowest BCUT2D eigenvalue weighted by molar-refractivity contribution is 0.0764. The van der Waals surface area contributed by atoms with Gasteiger partial charge in [-0.25, -0.2) is 0 Å². The first-order valence-electron chi connectivity index (χ1n) is 11.6. The molecule has 4 rings (SSSR count). The molecule has 1 atom stereocenters. The van der Waals surface area contributed by atoms with Crippen LogP contribution in [0.3, 0.4) is 0 Å². The van der Waals surface area contributed by atoms with Crippen LogP contribution in [0.25, 0.3) is 11.3 Å². The Balaban J connectivity index is 1.89. The molecule has 3 aromatic rings. The number of hydrogen-bond donors (Lipinski definition) is 2. The van der Waals surface area contributed by atoms with Gasteiger partial charge in [0.15, 0.2) is 11.5 Å². The molecule has 2 heterocycles. The molecule has 0 saturated carbocycles. The Morgan fingerprint density at radius 2 is 1.97 bits per heavy atom. The number of nitrogens with one attached hydrogen (secondary N) is 1. The molecule has 1 aliphatic rings. The number of aromatic nitrogens is 2. The molecule has 1 aromatic heterocycles. The van der Waals surface area contributed by atoms with Crippen LogP contribution in [0.5, 0.6) is 17.2 Å².